The Morgan fingerprint density at radius 3 is 2.60 bits per heavy atom. The fourth-order valence-corrected chi connectivity index (χ4v) is 3.79. The van der Waals surface area contributed by atoms with Gasteiger partial charge in [0.15, 0.2) is 0 Å². The molecular weight excluding hydrogens is 378 g/mol. The van der Waals surface area contributed by atoms with Gasteiger partial charge in [0.25, 0.3) is 0 Å². The maximum absolute atomic E-state index is 12.3. The van der Waals surface area contributed by atoms with E-state index in [1.165, 1.54) is 0 Å². The molecule has 0 saturated carbocycles. The lowest BCUT2D eigenvalue weighted by atomic mass is 10.1. The Kier molecular flexibility index (Phi) is 5.66. The van der Waals surface area contributed by atoms with Crippen molar-refractivity contribution in [2.75, 3.05) is 23.7 Å². The van der Waals surface area contributed by atoms with E-state index in [-0.39, 0.29) is 11.9 Å². The summed E-state index contributed by atoms with van der Waals surface area (Å²) in [5.41, 5.74) is 3.71. The van der Waals surface area contributed by atoms with E-state index in [1.54, 1.807) is 24.3 Å². The first kappa shape index (κ1) is 19.5. The van der Waals surface area contributed by atoms with Crippen molar-refractivity contribution in [3.05, 3.63) is 59.8 Å². The number of rotatable bonds is 5. The summed E-state index contributed by atoms with van der Waals surface area (Å²) in [7, 11) is 0. The van der Waals surface area contributed by atoms with E-state index in [2.05, 4.69) is 15.6 Å². The van der Waals surface area contributed by atoms with Gasteiger partial charge in [0.2, 0.25) is 5.91 Å². The molecule has 3 N–H and O–H groups in total. The monoisotopic (exact) mass is 401 g/mol. The van der Waals surface area contributed by atoms with E-state index < -0.39 is 0 Å². The van der Waals surface area contributed by atoms with Crippen LogP contribution in [-0.4, -0.2) is 34.9 Å². The molecule has 2 heterocycles. The Morgan fingerprint density at radius 1 is 1.07 bits per heavy atom. The summed E-state index contributed by atoms with van der Waals surface area (Å²) < 4.78 is 0. The van der Waals surface area contributed by atoms with Crippen LogP contribution >= 0.6 is 0 Å². The fourth-order valence-electron chi connectivity index (χ4n) is 3.79. The van der Waals surface area contributed by atoms with Crippen molar-refractivity contribution >= 4 is 34.2 Å². The van der Waals surface area contributed by atoms with Crippen LogP contribution in [0.15, 0.2) is 48.7 Å². The van der Waals surface area contributed by atoms with E-state index in [9.17, 15) is 9.59 Å². The quantitative estimate of drug-likeness (QED) is 0.596. The number of carbonyl (C=O) groups is 2. The minimum atomic E-state index is -0.384. The zero-order valence-corrected chi connectivity index (χ0v) is 16.6. The number of nitriles is 1. The van der Waals surface area contributed by atoms with Crippen LogP contribution in [0.1, 0.15) is 30.4 Å². The number of hydrogen-bond acceptors (Lipinski definition) is 3. The molecular formula is C23H23N5O2. The van der Waals surface area contributed by atoms with Crippen molar-refractivity contribution in [3.63, 3.8) is 0 Å². The number of aromatic nitrogens is 1. The summed E-state index contributed by atoms with van der Waals surface area (Å²) in [6, 6.07) is 14.0. The number of urea groups is 1. The van der Waals surface area contributed by atoms with Crippen LogP contribution in [0.4, 0.5) is 16.2 Å². The first-order valence-electron chi connectivity index (χ1n) is 10.1. The van der Waals surface area contributed by atoms with Crippen molar-refractivity contribution in [3.8, 4) is 6.07 Å². The third kappa shape index (κ3) is 4.44. The first-order chi connectivity index (χ1) is 14.6. The number of amides is 3. The Bertz CT molecular complexity index is 1120. The molecule has 0 radical (unpaired) electrons. The average molecular weight is 401 g/mol. The van der Waals surface area contributed by atoms with E-state index in [1.807, 2.05) is 35.4 Å². The molecule has 4 rings (SSSR count). The predicted molar refractivity (Wildman–Crippen MR) is 116 cm³/mol. The van der Waals surface area contributed by atoms with Gasteiger partial charge < -0.3 is 20.5 Å². The number of benzene rings is 2. The summed E-state index contributed by atoms with van der Waals surface area (Å²) in [4.78, 5) is 29.8. The highest BCUT2D eigenvalue weighted by atomic mass is 16.2. The number of nitrogens with zero attached hydrogens (tertiary/aromatic N) is 2. The standard InChI is InChI=1S/C23H23N5O2/c24-14-16-4-3-5-18(12-16)26-23(30)27-19-7-8-21-20(13-19)17(15-25-21)6-9-22(29)28-10-1-2-11-28/h3-5,7-8,12-13,15,25H,1-2,6,9-11H2,(H2,26,27,30). The lowest BCUT2D eigenvalue weighted by Gasteiger charge is -2.14. The summed E-state index contributed by atoms with van der Waals surface area (Å²) in [5, 5.41) is 15.5. The molecule has 0 atom stereocenters. The van der Waals surface area contributed by atoms with Crippen molar-refractivity contribution in [1.29, 1.82) is 5.26 Å². The minimum Gasteiger partial charge on any atom is -0.361 e. The SMILES string of the molecule is N#Cc1cccc(NC(=O)Nc2ccc3[nH]cc(CCC(=O)N4CCCC4)c3c2)c1. The molecule has 1 aromatic heterocycles. The van der Waals surface area contributed by atoms with Crippen LogP contribution in [0.25, 0.3) is 10.9 Å². The number of likely N-dealkylation sites (tertiary alicyclic amines) is 1. The van der Waals surface area contributed by atoms with Gasteiger partial charge in [0.1, 0.15) is 0 Å². The van der Waals surface area contributed by atoms with Gasteiger partial charge in [-0.1, -0.05) is 6.07 Å². The number of hydrogen-bond donors (Lipinski definition) is 3. The Morgan fingerprint density at radius 2 is 1.83 bits per heavy atom. The van der Waals surface area contributed by atoms with Crippen molar-refractivity contribution < 1.29 is 9.59 Å². The largest absolute Gasteiger partial charge is 0.361 e. The molecule has 3 aromatic rings. The van der Waals surface area contributed by atoms with Crippen molar-refractivity contribution in [2.45, 2.75) is 25.7 Å². The van der Waals surface area contributed by atoms with Crippen LogP contribution < -0.4 is 10.6 Å². The molecule has 1 aliphatic rings. The number of carbonyl (C=O) groups excluding carboxylic acids is 2. The molecule has 152 valence electrons. The van der Waals surface area contributed by atoms with E-state index in [4.69, 9.17) is 5.26 Å². The van der Waals surface area contributed by atoms with Crippen molar-refractivity contribution in [1.82, 2.24) is 9.88 Å². The maximum Gasteiger partial charge on any atom is 0.323 e. The highest BCUT2D eigenvalue weighted by Gasteiger charge is 2.18. The normalized spacial score (nSPS) is 13.2. The van der Waals surface area contributed by atoms with E-state index in [0.717, 1.165) is 42.4 Å². The smallest absolute Gasteiger partial charge is 0.323 e. The molecule has 1 aliphatic heterocycles. The number of fused-ring (bicyclic) bond motifs is 1. The van der Waals surface area contributed by atoms with Gasteiger partial charge in [-0.05, 0) is 61.2 Å². The highest BCUT2D eigenvalue weighted by Crippen LogP contribution is 2.24. The number of aromatic amines is 1. The zero-order chi connectivity index (χ0) is 20.9. The molecule has 0 unspecified atom stereocenters. The van der Waals surface area contributed by atoms with Gasteiger partial charge in [-0.3, -0.25) is 4.79 Å². The Labute approximate surface area is 174 Å². The molecule has 0 spiro atoms. The number of nitrogens with one attached hydrogen (secondary N) is 3. The van der Waals surface area contributed by atoms with Crippen LogP contribution in [0.2, 0.25) is 0 Å². The van der Waals surface area contributed by atoms with Crippen LogP contribution in [-0.2, 0) is 11.2 Å². The molecule has 3 amide bonds. The summed E-state index contributed by atoms with van der Waals surface area (Å²) in [6.07, 6.45) is 5.26. The molecule has 0 aliphatic carbocycles. The topological polar surface area (TPSA) is 101 Å². The average Bonchev–Trinajstić information content (AvgIpc) is 3.42. The summed E-state index contributed by atoms with van der Waals surface area (Å²) in [5.74, 6) is 0.204. The second-order valence-electron chi connectivity index (χ2n) is 7.43. The fraction of sp³-hybridized carbons (Fsp3) is 0.261. The van der Waals surface area contributed by atoms with Gasteiger partial charge in [-0.2, -0.15) is 5.26 Å². The second-order valence-corrected chi connectivity index (χ2v) is 7.43. The lowest BCUT2D eigenvalue weighted by molar-refractivity contribution is -0.130. The van der Waals surface area contributed by atoms with Crippen LogP contribution in [0, 0.1) is 11.3 Å². The lowest BCUT2D eigenvalue weighted by Crippen LogP contribution is -2.27. The predicted octanol–water partition coefficient (Wildman–Crippen LogP) is 4.24. The Balaban J connectivity index is 1.42. The van der Waals surface area contributed by atoms with Gasteiger partial charge in [0.05, 0.1) is 11.6 Å². The van der Waals surface area contributed by atoms with E-state index >= 15 is 0 Å². The molecule has 0 bridgehead atoms. The number of anilines is 2. The third-order valence-electron chi connectivity index (χ3n) is 5.34. The van der Waals surface area contributed by atoms with E-state index in [0.29, 0.717) is 29.8 Å². The van der Waals surface area contributed by atoms with Crippen molar-refractivity contribution in [2.24, 2.45) is 0 Å². The summed E-state index contributed by atoms with van der Waals surface area (Å²) in [6.45, 7) is 1.74. The molecule has 30 heavy (non-hydrogen) atoms. The molecule has 7 heteroatoms. The minimum absolute atomic E-state index is 0.204. The third-order valence-corrected chi connectivity index (χ3v) is 5.34. The number of H-pyrrole nitrogens is 1. The van der Waals surface area contributed by atoms with Gasteiger partial charge in [-0.25, -0.2) is 4.79 Å². The van der Waals surface area contributed by atoms with Gasteiger partial charge >= 0.3 is 6.03 Å². The van der Waals surface area contributed by atoms with Gasteiger partial charge in [0, 0.05) is 48.0 Å². The number of aryl methyl sites for hydroxylation is 1. The second kappa shape index (κ2) is 8.70. The summed E-state index contributed by atoms with van der Waals surface area (Å²) >= 11 is 0. The molecule has 7 nitrogen and oxygen atoms in total. The highest BCUT2D eigenvalue weighted by molar-refractivity contribution is 6.01. The molecule has 2 aromatic carbocycles. The Hall–Kier alpha value is -3.79. The van der Waals surface area contributed by atoms with Gasteiger partial charge in [-0.15, -0.1) is 0 Å². The first-order valence-corrected chi connectivity index (χ1v) is 10.1. The maximum atomic E-state index is 12.3. The molecule has 1 fully saturated rings. The van der Waals surface area contributed by atoms with Crippen LogP contribution in [0.3, 0.4) is 0 Å². The zero-order valence-electron chi connectivity index (χ0n) is 16.6. The molecule has 1 saturated heterocycles. The van der Waals surface area contributed by atoms with Crippen LogP contribution in [0.5, 0.6) is 0 Å².